The van der Waals surface area contributed by atoms with Gasteiger partial charge in [-0.1, -0.05) is 0 Å². The summed E-state index contributed by atoms with van der Waals surface area (Å²) in [4.78, 5) is 5.74. The van der Waals surface area contributed by atoms with E-state index < -0.39 is 0 Å². The first-order chi connectivity index (χ1) is 8.70. The first-order valence-electron chi connectivity index (χ1n) is 6.72. The van der Waals surface area contributed by atoms with Crippen LogP contribution in [0.2, 0.25) is 0 Å². The van der Waals surface area contributed by atoms with Crippen LogP contribution in [0, 0.1) is 13.8 Å². The maximum absolute atomic E-state index is 5.67. The molecule has 5 heteroatoms. The molecule has 1 fully saturated rings. The van der Waals surface area contributed by atoms with Gasteiger partial charge in [-0.3, -0.25) is 11.3 Å². The minimum atomic E-state index is 0.234. The van der Waals surface area contributed by atoms with Crippen LogP contribution in [-0.4, -0.2) is 17.7 Å². The van der Waals surface area contributed by atoms with Crippen LogP contribution in [0.1, 0.15) is 53.7 Å². The Morgan fingerprint density at radius 1 is 1.56 bits per heavy atom. The van der Waals surface area contributed by atoms with E-state index in [1.165, 1.54) is 17.7 Å². The number of hydrazine groups is 1. The van der Waals surface area contributed by atoms with Crippen LogP contribution in [0.5, 0.6) is 0 Å². The molecule has 1 saturated heterocycles. The summed E-state index contributed by atoms with van der Waals surface area (Å²) in [6, 6.07) is 0.234. The number of hydrogen-bond acceptors (Lipinski definition) is 5. The quantitative estimate of drug-likeness (QED) is 0.615. The van der Waals surface area contributed by atoms with Crippen molar-refractivity contribution in [1.82, 2.24) is 10.4 Å². The summed E-state index contributed by atoms with van der Waals surface area (Å²) in [6.07, 6.45) is 6.27. The Balaban J connectivity index is 1.83. The van der Waals surface area contributed by atoms with Crippen LogP contribution in [0.3, 0.4) is 0 Å². The zero-order valence-corrected chi connectivity index (χ0v) is 12.1. The normalized spacial score (nSPS) is 21.4. The summed E-state index contributed by atoms with van der Waals surface area (Å²) in [7, 11) is 0. The van der Waals surface area contributed by atoms with Gasteiger partial charge < -0.3 is 4.74 Å². The lowest BCUT2D eigenvalue weighted by atomic mass is 10.0. The summed E-state index contributed by atoms with van der Waals surface area (Å²) in [5, 5.41) is 1.11. The summed E-state index contributed by atoms with van der Waals surface area (Å²) < 4.78 is 5.64. The third-order valence-electron chi connectivity index (χ3n) is 3.50. The number of ether oxygens (including phenoxy) is 1. The Morgan fingerprint density at radius 3 is 2.94 bits per heavy atom. The molecule has 2 unspecified atom stereocenters. The molecule has 2 heterocycles. The number of rotatable bonds is 6. The number of aryl methyl sites for hydroxylation is 2. The molecule has 2 rings (SSSR count). The lowest BCUT2D eigenvalue weighted by Gasteiger charge is -2.16. The molecule has 0 radical (unpaired) electrons. The molecule has 1 aliphatic heterocycles. The van der Waals surface area contributed by atoms with Gasteiger partial charge in [0.2, 0.25) is 0 Å². The predicted molar refractivity (Wildman–Crippen MR) is 74.5 cm³/mol. The van der Waals surface area contributed by atoms with Crippen LogP contribution in [0.15, 0.2) is 0 Å². The van der Waals surface area contributed by atoms with Crippen LogP contribution >= 0.6 is 11.3 Å². The van der Waals surface area contributed by atoms with Gasteiger partial charge in [0.15, 0.2) is 0 Å². The van der Waals surface area contributed by atoms with E-state index in [9.17, 15) is 0 Å². The fraction of sp³-hybridized carbons (Fsp3) is 0.769. The number of nitrogens with one attached hydrogen (secondary N) is 1. The van der Waals surface area contributed by atoms with Crippen molar-refractivity contribution in [2.75, 3.05) is 6.61 Å². The molecule has 2 atom stereocenters. The van der Waals surface area contributed by atoms with Crippen molar-refractivity contribution in [2.24, 2.45) is 5.84 Å². The number of nitrogens with zero attached hydrogens (tertiary/aromatic N) is 1. The Labute approximate surface area is 113 Å². The second-order valence-corrected chi connectivity index (χ2v) is 6.20. The fourth-order valence-corrected chi connectivity index (χ4v) is 3.60. The molecule has 0 bridgehead atoms. The van der Waals surface area contributed by atoms with E-state index in [2.05, 4.69) is 17.3 Å². The van der Waals surface area contributed by atoms with E-state index in [-0.39, 0.29) is 6.04 Å². The molecular formula is C13H23N3OS. The zero-order valence-electron chi connectivity index (χ0n) is 11.2. The summed E-state index contributed by atoms with van der Waals surface area (Å²) in [5.41, 5.74) is 4.04. The Bertz CT molecular complexity index is 374. The summed E-state index contributed by atoms with van der Waals surface area (Å²) in [6.45, 7) is 5.04. The smallest absolute Gasteiger partial charge is 0.0900 e. The first-order valence-corrected chi connectivity index (χ1v) is 7.54. The van der Waals surface area contributed by atoms with Gasteiger partial charge in [-0.15, -0.1) is 11.3 Å². The molecule has 0 aliphatic carbocycles. The lowest BCUT2D eigenvalue weighted by Crippen LogP contribution is -2.28. The zero-order chi connectivity index (χ0) is 13.0. The van der Waals surface area contributed by atoms with Crippen LogP contribution in [0.25, 0.3) is 0 Å². The highest BCUT2D eigenvalue weighted by Crippen LogP contribution is 2.28. The van der Waals surface area contributed by atoms with Crippen LogP contribution in [0.4, 0.5) is 0 Å². The second-order valence-electron chi connectivity index (χ2n) is 4.97. The van der Waals surface area contributed by atoms with Gasteiger partial charge in [-0.05, 0) is 46.0 Å². The number of hydrogen-bond donors (Lipinski definition) is 2. The van der Waals surface area contributed by atoms with E-state index in [1.54, 1.807) is 11.3 Å². The van der Waals surface area contributed by atoms with E-state index in [0.717, 1.165) is 36.6 Å². The average Bonchev–Trinajstić information content (AvgIpc) is 2.95. The molecule has 0 amide bonds. The molecule has 18 heavy (non-hydrogen) atoms. The van der Waals surface area contributed by atoms with Gasteiger partial charge in [0.05, 0.1) is 22.8 Å². The number of nitrogens with two attached hydrogens (primary N) is 1. The maximum Gasteiger partial charge on any atom is 0.0900 e. The molecule has 1 aromatic heterocycles. The van der Waals surface area contributed by atoms with Crippen molar-refractivity contribution < 1.29 is 4.74 Å². The highest BCUT2D eigenvalue weighted by Gasteiger charge is 2.19. The van der Waals surface area contributed by atoms with Crippen LogP contribution in [-0.2, 0) is 4.74 Å². The minimum absolute atomic E-state index is 0.234. The second kappa shape index (κ2) is 6.61. The topological polar surface area (TPSA) is 60.2 Å². The molecule has 102 valence electrons. The number of thiazole rings is 1. The largest absolute Gasteiger partial charge is 0.378 e. The molecule has 0 spiro atoms. The molecule has 1 aromatic rings. The van der Waals surface area contributed by atoms with E-state index in [1.807, 2.05) is 6.92 Å². The average molecular weight is 269 g/mol. The SMILES string of the molecule is Cc1nc(C)c(C(CCCC2CCCO2)NN)s1. The van der Waals surface area contributed by atoms with E-state index in [4.69, 9.17) is 10.6 Å². The highest BCUT2D eigenvalue weighted by molar-refractivity contribution is 7.11. The standard InChI is InChI=1S/C13H23N3OS/c1-9-13(18-10(2)15-9)12(16-14)7-3-5-11-6-4-8-17-11/h11-12,16H,3-8,14H2,1-2H3. The third-order valence-corrected chi connectivity index (χ3v) is 4.69. The van der Waals surface area contributed by atoms with Gasteiger partial charge in [0.25, 0.3) is 0 Å². The maximum atomic E-state index is 5.67. The van der Waals surface area contributed by atoms with Gasteiger partial charge in [0.1, 0.15) is 0 Å². The van der Waals surface area contributed by atoms with Crippen molar-refractivity contribution >= 4 is 11.3 Å². The van der Waals surface area contributed by atoms with Crippen molar-refractivity contribution in [3.8, 4) is 0 Å². The minimum Gasteiger partial charge on any atom is -0.378 e. The molecule has 0 saturated carbocycles. The number of aromatic nitrogens is 1. The van der Waals surface area contributed by atoms with Crippen molar-refractivity contribution in [3.63, 3.8) is 0 Å². The Hall–Kier alpha value is -0.490. The molecule has 3 N–H and O–H groups in total. The summed E-state index contributed by atoms with van der Waals surface area (Å²) >= 11 is 1.74. The van der Waals surface area contributed by atoms with E-state index in [0.29, 0.717) is 6.10 Å². The molecular weight excluding hydrogens is 246 g/mol. The summed E-state index contributed by atoms with van der Waals surface area (Å²) in [5.74, 6) is 5.67. The van der Waals surface area contributed by atoms with Crippen molar-refractivity contribution in [1.29, 1.82) is 0 Å². The van der Waals surface area contributed by atoms with Crippen molar-refractivity contribution in [3.05, 3.63) is 15.6 Å². The predicted octanol–water partition coefficient (Wildman–Crippen LogP) is 2.61. The van der Waals surface area contributed by atoms with Gasteiger partial charge in [-0.25, -0.2) is 4.98 Å². The highest BCUT2D eigenvalue weighted by atomic mass is 32.1. The lowest BCUT2D eigenvalue weighted by molar-refractivity contribution is 0.101. The van der Waals surface area contributed by atoms with E-state index >= 15 is 0 Å². The van der Waals surface area contributed by atoms with Gasteiger partial charge in [0, 0.05) is 11.5 Å². The third kappa shape index (κ3) is 3.51. The molecule has 1 aliphatic rings. The Kier molecular flexibility index (Phi) is 5.12. The van der Waals surface area contributed by atoms with Gasteiger partial charge in [-0.2, -0.15) is 0 Å². The first kappa shape index (κ1) is 13.9. The Morgan fingerprint density at radius 2 is 2.39 bits per heavy atom. The van der Waals surface area contributed by atoms with Crippen LogP contribution < -0.4 is 11.3 Å². The van der Waals surface area contributed by atoms with Gasteiger partial charge >= 0.3 is 0 Å². The monoisotopic (exact) mass is 269 g/mol. The molecule has 0 aromatic carbocycles. The molecule has 4 nitrogen and oxygen atoms in total. The van der Waals surface area contributed by atoms with Crippen molar-refractivity contribution in [2.45, 2.75) is 58.1 Å². The fourth-order valence-electron chi connectivity index (χ4n) is 2.58.